The van der Waals surface area contributed by atoms with Gasteiger partial charge >= 0.3 is 5.97 Å². The fourth-order valence-corrected chi connectivity index (χ4v) is 3.50. The summed E-state index contributed by atoms with van der Waals surface area (Å²) in [5.41, 5.74) is 1.34. The van der Waals surface area contributed by atoms with Crippen molar-refractivity contribution >= 4 is 29.0 Å². The maximum absolute atomic E-state index is 12.2. The molecule has 2 N–H and O–H groups in total. The van der Waals surface area contributed by atoms with Crippen molar-refractivity contribution in [2.75, 3.05) is 5.32 Å². The van der Waals surface area contributed by atoms with Crippen molar-refractivity contribution in [3.8, 4) is 0 Å². The third-order valence-corrected chi connectivity index (χ3v) is 4.77. The van der Waals surface area contributed by atoms with Crippen LogP contribution in [-0.2, 0) is 4.79 Å². The average molecular weight is 302 g/mol. The molecule has 1 fully saturated rings. The molecular formula is C15H14N2O3S. The van der Waals surface area contributed by atoms with Crippen LogP contribution in [0.2, 0.25) is 0 Å². The van der Waals surface area contributed by atoms with Crippen LogP contribution in [0, 0.1) is 12.8 Å². The van der Waals surface area contributed by atoms with Crippen molar-refractivity contribution in [2.45, 2.75) is 19.3 Å². The van der Waals surface area contributed by atoms with Gasteiger partial charge in [-0.3, -0.25) is 4.79 Å². The van der Waals surface area contributed by atoms with Crippen LogP contribution in [0.1, 0.15) is 33.1 Å². The minimum Gasteiger partial charge on any atom is -0.478 e. The van der Waals surface area contributed by atoms with Gasteiger partial charge in [0.1, 0.15) is 5.82 Å². The summed E-state index contributed by atoms with van der Waals surface area (Å²) in [5.74, 6) is -0.604. The number of anilines is 1. The monoisotopic (exact) mass is 302 g/mol. The van der Waals surface area contributed by atoms with Gasteiger partial charge in [0, 0.05) is 22.9 Å². The SMILES string of the molecule is Cc1ccsc1[C@@H]1C[C@H]1C(=O)Nc1cc(C(=O)O)ccn1. The van der Waals surface area contributed by atoms with Crippen molar-refractivity contribution in [1.82, 2.24) is 4.98 Å². The van der Waals surface area contributed by atoms with E-state index in [0.717, 1.165) is 6.42 Å². The summed E-state index contributed by atoms with van der Waals surface area (Å²) in [7, 11) is 0. The molecule has 21 heavy (non-hydrogen) atoms. The second-order valence-corrected chi connectivity index (χ2v) is 6.09. The molecule has 0 spiro atoms. The second-order valence-electron chi connectivity index (χ2n) is 5.14. The van der Waals surface area contributed by atoms with Crippen LogP contribution < -0.4 is 5.32 Å². The number of hydrogen-bond donors (Lipinski definition) is 2. The summed E-state index contributed by atoms with van der Waals surface area (Å²) in [6.07, 6.45) is 2.22. The topological polar surface area (TPSA) is 79.3 Å². The molecule has 1 aliphatic rings. The molecule has 1 aliphatic carbocycles. The molecular weight excluding hydrogens is 288 g/mol. The Bertz CT molecular complexity index is 710. The van der Waals surface area contributed by atoms with Gasteiger partial charge in [0.2, 0.25) is 5.91 Å². The van der Waals surface area contributed by atoms with E-state index in [1.807, 2.05) is 5.38 Å². The number of hydrogen-bond acceptors (Lipinski definition) is 4. The summed E-state index contributed by atoms with van der Waals surface area (Å²) < 4.78 is 0. The molecule has 1 amide bonds. The van der Waals surface area contributed by atoms with E-state index in [9.17, 15) is 9.59 Å². The van der Waals surface area contributed by atoms with Gasteiger partial charge in [0.05, 0.1) is 5.56 Å². The standard InChI is InChI=1S/C15H14N2O3S/c1-8-3-5-21-13(8)10-7-11(10)14(18)17-12-6-9(15(19)20)2-4-16-12/h2-6,10-11H,7H2,1H3,(H,19,20)(H,16,17,18)/t10-,11-/m1/s1. The molecule has 1 saturated carbocycles. The number of nitrogens with one attached hydrogen (secondary N) is 1. The molecule has 0 saturated heterocycles. The maximum Gasteiger partial charge on any atom is 0.335 e. The van der Waals surface area contributed by atoms with E-state index in [2.05, 4.69) is 23.3 Å². The van der Waals surface area contributed by atoms with E-state index in [4.69, 9.17) is 5.11 Å². The Morgan fingerprint density at radius 2 is 2.24 bits per heavy atom. The first-order chi connectivity index (χ1) is 10.1. The third kappa shape index (κ3) is 2.80. The van der Waals surface area contributed by atoms with Gasteiger partial charge in [0.25, 0.3) is 0 Å². The summed E-state index contributed by atoms with van der Waals surface area (Å²) in [5, 5.41) is 13.7. The number of aromatic carboxylic acids is 1. The molecule has 2 aromatic heterocycles. The second kappa shape index (κ2) is 5.29. The Balaban J connectivity index is 1.67. The fourth-order valence-electron chi connectivity index (χ4n) is 2.39. The maximum atomic E-state index is 12.2. The van der Waals surface area contributed by atoms with Crippen LogP contribution in [-0.4, -0.2) is 22.0 Å². The Hall–Kier alpha value is -2.21. The first-order valence-electron chi connectivity index (χ1n) is 6.60. The Morgan fingerprint density at radius 1 is 1.43 bits per heavy atom. The van der Waals surface area contributed by atoms with Gasteiger partial charge in [-0.05, 0) is 42.5 Å². The van der Waals surface area contributed by atoms with E-state index in [0.29, 0.717) is 0 Å². The van der Waals surface area contributed by atoms with Gasteiger partial charge in [-0.2, -0.15) is 0 Å². The highest BCUT2D eigenvalue weighted by atomic mass is 32.1. The highest BCUT2D eigenvalue weighted by molar-refractivity contribution is 7.10. The molecule has 0 unspecified atom stereocenters. The van der Waals surface area contributed by atoms with Crippen LogP contribution >= 0.6 is 11.3 Å². The van der Waals surface area contributed by atoms with Crippen LogP contribution in [0.4, 0.5) is 5.82 Å². The average Bonchev–Trinajstić information content (AvgIpc) is 3.14. The highest BCUT2D eigenvalue weighted by Gasteiger charge is 2.45. The van der Waals surface area contributed by atoms with Crippen molar-refractivity contribution in [3.05, 3.63) is 45.8 Å². The first kappa shape index (κ1) is 13.8. The van der Waals surface area contributed by atoms with Crippen molar-refractivity contribution in [2.24, 2.45) is 5.92 Å². The lowest BCUT2D eigenvalue weighted by molar-refractivity contribution is -0.117. The third-order valence-electron chi connectivity index (χ3n) is 3.62. The van der Waals surface area contributed by atoms with Crippen molar-refractivity contribution < 1.29 is 14.7 Å². The minimum atomic E-state index is -1.04. The lowest BCUT2D eigenvalue weighted by Gasteiger charge is -2.04. The lowest BCUT2D eigenvalue weighted by Crippen LogP contribution is -2.16. The zero-order chi connectivity index (χ0) is 15.0. The van der Waals surface area contributed by atoms with E-state index in [1.54, 1.807) is 11.3 Å². The number of thiophene rings is 1. The number of carboxylic acids is 1. The Labute approximate surface area is 125 Å². The van der Waals surface area contributed by atoms with Gasteiger partial charge in [-0.25, -0.2) is 9.78 Å². The fraction of sp³-hybridized carbons (Fsp3) is 0.267. The molecule has 5 nitrogen and oxygen atoms in total. The molecule has 0 bridgehead atoms. The van der Waals surface area contributed by atoms with E-state index < -0.39 is 5.97 Å². The largest absolute Gasteiger partial charge is 0.478 e. The predicted molar refractivity (Wildman–Crippen MR) is 79.7 cm³/mol. The van der Waals surface area contributed by atoms with E-state index in [1.165, 1.54) is 28.8 Å². The van der Waals surface area contributed by atoms with Crippen LogP contribution in [0.15, 0.2) is 29.8 Å². The number of rotatable bonds is 4. The molecule has 6 heteroatoms. The van der Waals surface area contributed by atoms with Crippen LogP contribution in [0.3, 0.4) is 0 Å². The molecule has 0 radical (unpaired) electrons. The summed E-state index contributed by atoms with van der Waals surface area (Å²) >= 11 is 1.68. The minimum absolute atomic E-state index is 0.0439. The van der Waals surface area contributed by atoms with Crippen molar-refractivity contribution in [1.29, 1.82) is 0 Å². The number of nitrogens with zero attached hydrogens (tertiary/aromatic N) is 1. The Morgan fingerprint density at radius 3 is 2.90 bits per heavy atom. The van der Waals surface area contributed by atoms with E-state index in [-0.39, 0.29) is 29.1 Å². The lowest BCUT2D eigenvalue weighted by atomic mass is 10.2. The Kier molecular flexibility index (Phi) is 3.47. The number of carbonyl (C=O) groups excluding carboxylic acids is 1. The summed E-state index contributed by atoms with van der Waals surface area (Å²) in [6, 6.07) is 4.83. The van der Waals surface area contributed by atoms with Gasteiger partial charge < -0.3 is 10.4 Å². The zero-order valence-corrected chi connectivity index (χ0v) is 12.2. The predicted octanol–water partition coefficient (Wildman–Crippen LogP) is 2.89. The normalized spacial score (nSPS) is 20.0. The van der Waals surface area contributed by atoms with Crippen LogP contribution in [0.25, 0.3) is 0 Å². The van der Waals surface area contributed by atoms with Crippen LogP contribution in [0.5, 0.6) is 0 Å². The molecule has 0 aliphatic heterocycles. The molecule has 2 aromatic rings. The zero-order valence-electron chi connectivity index (χ0n) is 11.4. The number of aromatic nitrogens is 1. The molecule has 0 aromatic carbocycles. The quantitative estimate of drug-likeness (QED) is 0.910. The van der Waals surface area contributed by atoms with Gasteiger partial charge in [-0.1, -0.05) is 0 Å². The first-order valence-corrected chi connectivity index (χ1v) is 7.48. The van der Waals surface area contributed by atoms with E-state index >= 15 is 0 Å². The number of amides is 1. The molecule has 2 atom stereocenters. The smallest absolute Gasteiger partial charge is 0.335 e. The molecule has 3 rings (SSSR count). The summed E-state index contributed by atoms with van der Waals surface area (Å²) in [4.78, 5) is 28.3. The number of carbonyl (C=O) groups is 2. The van der Waals surface area contributed by atoms with Gasteiger partial charge in [0.15, 0.2) is 0 Å². The number of pyridine rings is 1. The summed E-state index contributed by atoms with van der Waals surface area (Å²) in [6.45, 7) is 2.05. The number of aryl methyl sites for hydroxylation is 1. The molecule has 108 valence electrons. The number of carboxylic acid groups (broad SMARTS) is 1. The highest BCUT2D eigenvalue weighted by Crippen LogP contribution is 2.50. The molecule has 2 heterocycles. The van der Waals surface area contributed by atoms with Crippen molar-refractivity contribution in [3.63, 3.8) is 0 Å². The van der Waals surface area contributed by atoms with Gasteiger partial charge in [-0.15, -0.1) is 11.3 Å².